The third-order valence-corrected chi connectivity index (χ3v) is 3.55. The van der Waals surface area contributed by atoms with Crippen LogP contribution in [0, 0.1) is 6.92 Å². The number of hydrogen-bond donors (Lipinski definition) is 2. The minimum atomic E-state index is -1.10. The molecule has 1 atom stereocenters. The maximum absolute atomic E-state index is 12.4. The van der Waals surface area contributed by atoms with Crippen molar-refractivity contribution >= 4 is 11.8 Å². The first-order valence-corrected chi connectivity index (χ1v) is 6.73. The molecule has 1 aliphatic heterocycles. The standard InChI is InChI=1S/C14H19N3O4/c1-9-4-5-10(11(18)16-9)12(19)17-6-7-21-14(2,8-17)13(20)15-3/h4-5H,6-8H2,1-3H3,(H,15,20)(H,16,18)/t14-/m0/s1. The van der Waals surface area contributed by atoms with Crippen molar-refractivity contribution in [1.82, 2.24) is 15.2 Å². The number of aromatic nitrogens is 1. The Morgan fingerprint density at radius 1 is 1.43 bits per heavy atom. The molecule has 1 fully saturated rings. The van der Waals surface area contributed by atoms with E-state index in [-0.39, 0.29) is 24.6 Å². The second kappa shape index (κ2) is 5.69. The van der Waals surface area contributed by atoms with Gasteiger partial charge in [0.25, 0.3) is 17.4 Å². The number of nitrogens with one attached hydrogen (secondary N) is 2. The van der Waals surface area contributed by atoms with Gasteiger partial charge >= 0.3 is 0 Å². The average molecular weight is 293 g/mol. The first kappa shape index (κ1) is 15.2. The molecule has 0 aromatic carbocycles. The lowest BCUT2D eigenvalue weighted by molar-refractivity contribution is -0.153. The number of H-pyrrole nitrogens is 1. The number of morpholine rings is 1. The zero-order valence-corrected chi connectivity index (χ0v) is 12.4. The van der Waals surface area contributed by atoms with Gasteiger partial charge in [-0.15, -0.1) is 0 Å². The van der Waals surface area contributed by atoms with Crippen molar-refractivity contribution in [1.29, 1.82) is 0 Å². The van der Waals surface area contributed by atoms with Crippen LogP contribution in [0.15, 0.2) is 16.9 Å². The SMILES string of the molecule is CNC(=O)[C@]1(C)CN(C(=O)c2ccc(C)[nH]c2=O)CCO1. The van der Waals surface area contributed by atoms with E-state index >= 15 is 0 Å². The van der Waals surface area contributed by atoms with Crippen molar-refractivity contribution in [2.24, 2.45) is 0 Å². The molecular weight excluding hydrogens is 274 g/mol. The van der Waals surface area contributed by atoms with Crippen molar-refractivity contribution in [3.63, 3.8) is 0 Å². The molecule has 0 spiro atoms. The summed E-state index contributed by atoms with van der Waals surface area (Å²) in [5.74, 6) is -0.688. The number of ether oxygens (including phenoxy) is 1. The summed E-state index contributed by atoms with van der Waals surface area (Å²) >= 11 is 0. The molecule has 2 rings (SSSR count). The van der Waals surface area contributed by atoms with E-state index in [1.807, 2.05) is 0 Å². The van der Waals surface area contributed by atoms with Crippen LogP contribution < -0.4 is 10.9 Å². The normalized spacial score (nSPS) is 22.0. The van der Waals surface area contributed by atoms with Gasteiger partial charge in [-0.25, -0.2) is 0 Å². The fourth-order valence-corrected chi connectivity index (χ4v) is 2.36. The van der Waals surface area contributed by atoms with Gasteiger partial charge in [-0.3, -0.25) is 14.4 Å². The van der Waals surface area contributed by atoms with E-state index in [0.29, 0.717) is 12.2 Å². The number of rotatable bonds is 2. The second-order valence-electron chi connectivity index (χ2n) is 5.27. The monoisotopic (exact) mass is 293 g/mol. The summed E-state index contributed by atoms with van der Waals surface area (Å²) < 4.78 is 5.49. The number of pyridine rings is 1. The molecule has 0 aliphatic carbocycles. The molecule has 7 heteroatoms. The Morgan fingerprint density at radius 2 is 2.14 bits per heavy atom. The fourth-order valence-electron chi connectivity index (χ4n) is 2.36. The number of carbonyl (C=O) groups is 2. The molecule has 2 heterocycles. The summed E-state index contributed by atoms with van der Waals surface area (Å²) in [6.07, 6.45) is 0. The largest absolute Gasteiger partial charge is 0.362 e. The molecular formula is C14H19N3O4. The van der Waals surface area contributed by atoms with E-state index in [2.05, 4.69) is 10.3 Å². The molecule has 21 heavy (non-hydrogen) atoms. The smallest absolute Gasteiger partial charge is 0.260 e. The average Bonchev–Trinajstić information content (AvgIpc) is 2.45. The van der Waals surface area contributed by atoms with E-state index in [1.54, 1.807) is 19.9 Å². The van der Waals surface area contributed by atoms with Crippen LogP contribution in [0.5, 0.6) is 0 Å². The lowest BCUT2D eigenvalue weighted by atomic mass is 10.0. The highest BCUT2D eigenvalue weighted by Crippen LogP contribution is 2.19. The van der Waals surface area contributed by atoms with Gasteiger partial charge in [0.15, 0.2) is 5.60 Å². The minimum Gasteiger partial charge on any atom is -0.362 e. The highest BCUT2D eigenvalue weighted by molar-refractivity contribution is 5.95. The van der Waals surface area contributed by atoms with Crippen LogP contribution in [-0.4, -0.2) is 54.0 Å². The quantitative estimate of drug-likeness (QED) is 0.780. The van der Waals surface area contributed by atoms with Crippen molar-refractivity contribution < 1.29 is 14.3 Å². The van der Waals surface area contributed by atoms with Gasteiger partial charge in [-0.05, 0) is 26.0 Å². The number of likely N-dealkylation sites (N-methyl/N-ethyl adjacent to an activating group) is 1. The molecule has 2 N–H and O–H groups in total. The Morgan fingerprint density at radius 3 is 2.76 bits per heavy atom. The van der Waals surface area contributed by atoms with Gasteiger partial charge in [0.1, 0.15) is 5.56 Å². The van der Waals surface area contributed by atoms with Gasteiger partial charge in [0, 0.05) is 19.3 Å². The first-order valence-electron chi connectivity index (χ1n) is 6.73. The number of nitrogens with zero attached hydrogens (tertiary/aromatic N) is 1. The number of aryl methyl sites for hydroxylation is 1. The molecule has 1 aliphatic rings. The van der Waals surface area contributed by atoms with Crippen molar-refractivity contribution in [2.75, 3.05) is 26.7 Å². The van der Waals surface area contributed by atoms with Gasteiger partial charge in [-0.1, -0.05) is 0 Å². The highest BCUT2D eigenvalue weighted by Gasteiger charge is 2.40. The summed E-state index contributed by atoms with van der Waals surface area (Å²) in [7, 11) is 1.52. The molecule has 1 aromatic heterocycles. The summed E-state index contributed by atoms with van der Waals surface area (Å²) in [4.78, 5) is 40.2. The highest BCUT2D eigenvalue weighted by atomic mass is 16.5. The fraction of sp³-hybridized carbons (Fsp3) is 0.500. The van der Waals surface area contributed by atoms with E-state index in [9.17, 15) is 14.4 Å². The zero-order chi connectivity index (χ0) is 15.6. The third-order valence-electron chi connectivity index (χ3n) is 3.55. The van der Waals surface area contributed by atoms with Crippen molar-refractivity contribution in [2.45, 2.75) is 19.4 Å². The van der Waals surface area contributed by atoms with Crippen molar-refractivity contribution in [3.8, 4) is 0 Å². The van der Waals surface area contributed by atoms with Crippen LogP contribution in [0.2, 0.25) is 0 Å². The topological polar surface area (TPSA) is 91.5 Å². The van der Waals surface area contributed by atoms with Gasteiger partial charge in [-0.2, -0.15) is 0 Å². The third kappa shape index (κ3) is 2.97. The molecule has 1 aromatic rings. The molecule has 114 valence electrons. The van der Waals surface area contributed by atoms with Crippen LogP contribution in [-0.2, 0) is 9.53 Å². The molecule has 0 unspecified atom stereocenters. The molecule has 2 amide bonds. The second-order valence-corrected chi connectivity index (χ2v) is 5.27. The predicted molar refractivity (Wildman–Crippen MR) is 76.1 cm³/mol. The van der Waals surface area contributed by atoms with Crippen LogP contribution >= 0.6 is 0 Å². The molecule has 0 bridgehead atoms. The Labute approximate surface area is 122 Å². The van der Waals surface area contributed by atoms with E-state index in [4.69, 9.17) is 4.74 Å². The molecule has 1 saturated heterocycles. The maximum Gasteiger partial charge on any atom is 0.260 e. The number of carbonyl (C=O) groups excluding carboxylic acids is 2. The summed E-state index contributed by atoms with van der Waals surface area (Å²) in [5.41, 5.74) is -0.760. The van der Waals surface area contributed by atoms with E-state index in [0.717, 1.165) is 0 Å². The Kier molecular flexibility index (Phi) is 4.13. The number of amides is 2. The summed E-state index contributed by atoms with van der Waals surface area (Å²) in [6.45, 7) is 4.08. The Hall–Kier alpha value is -2.15. The first-order chi connectivity index (χ1) is 9.87. The Bertz CT molecular complexity index is 625. The molecule has 7 nitrogen and oxygen atoms in total. The van der Waals surface area contributed by atoms with Gasteiger partial charge in [0.2, 0.25) is 0 Å². The number of hydrogen-bond acceptors (Lipinski definition) is 4. The van der Waals surface area contributed by atoms with Crippen molar-refractivity contribution in [3.05, 3.63) is 33.7 Å². The lowest BCUT2D eigenvalue weighted by Gasteiger charge is -2.38. The predicted octanol–water partition coefficient (Wildman–Crippen LogP) is -0.340. The summed E-state index contributed by atoms with van der Waals surface area (Å²) in [6, 6.07) is 3.18. The van der Waals surface area contributed by atoms with Gasteiger partial charge in [0.05, 0.1) is 13.2 Å². The van der Waals surface area contributed by atoms with Crippen LogP contribution in [0.4, 0.5) is 0 Å². The van der Waals surface area contributed by atoms with E-state index < -0.39 is 17.1 Å². The van der Waals surface area contributed by atoms with Crippen LogP contribution in [0.25, 0.3) is 0 Å². The Balaban J connectivity index is 2.23. The molecule has 0 saturated carbocycles. The molecule has 0 radical (unpaired) electrons. The van der Waals surface area contributed by atoms with Crippen LogP contribution in [0.1, 0.15) is 23.0 Å². The summed E-state index contributed by atoms with van der Waals surface area (Å²) in [5, 5.41) is 2.52. The number of aromatic amines is 1. The van der Waals surface area contributed by atoms with Gasteiger partial charge < -0.3 is 19.9 Å². The van der Waals surface area contributed by atoms with E-state index in [1.165, 1.54) is 18.0 Å². The van der Waals surface area contributed by atoms with Crippen LogP contribution in [0.3, 0.4) is 0 Å². The lowest BCUT2D eigenvalue weighted by Crippen LogP contribution is -2.59. The maximum atomic E-state index is 12.4. The zero-order valence-electron chi connectivity index (χ0n) is 12.4. The minimum absolute atomic E-state index is 0.0711.